The average molecular weight is 310 g/mol. The molecule has 96 valence electrons. The molecule has 1 heterocycles. The van der Waals surface area contributed by atoms with Gasteiger partial charge in [0.05, 0.1) is 12.3 Å². The first-order valence-corrected chi connectivity index (χ1v) is 6.85. The molecular formula is C13H16BrN3O. The van der Waals surface area contributed by atoms with Crippen LogP contribution in [0.2, 0.25) is 0 Å². The number of benzene rings is 1. The van der Waals surface area contributed by atoms with Crippen LogP contribution in [0.1, 0.15) is 25.5 Å². The SMILES string of the molecule is CCCCn1nnc(CO)c1-c1ccccc1Br. The van der Waals surface area contributed by atoms with E-state index in [0.29, 0.717) is 5.69 Å². The molecule has 1 N–H and O–H groups in total. The van der Waals surface area contributed by atoms with Gasteiger partial charge in [-0.2, -0.15) is 0 Å². The summed E-state index contributed by atoms with van der Waals surface area (Å²) < 4.78 is 2.86. The predicted molar refractivity (Wildman–Crippen MR) is 74.0 cm³/mol. The Kier molecular flexibility index (Phi) is 4.49. The topological polar surface area (TPSA) is 50.9 Å². The van der Waals surface area contributed by atoms with Gasteiger partial charge in [-0.25, -0.2) is 4.68 Å². The predicted octanol–water partition coefficient (Wildman–Crippen LogP) is 3.00. The van der Waals surface area contributed by atoms with Crippen LogP contribution in [0.3, 0.4) is 0 Å². The normalized spacial score (nSPS) is 10.8. The molecule has 5 heteroatoms. The average Bonchev–Trinajstić information content (AvgIpc) is 2.79. The Bertz CT molecular complexity index is 525. The van der Waals surface area contributed by atoms with Crippen molar-refractivity contribution in [3.63, 3.8) is 0 Å². The van der Waals surface area contributed by atoms with Crippen molar-refractivity contribution >= 4 is 15.9 Å². The van der Waals surface area contributed by atoms with Gasteiger partial charge in [0.25, 0.3) is 0 Å². The van der Waals surface area contributed by atoms with Crippen molar-refractivity contribution in [3.8, 4) is 11.3 Å². The highest BCUT2D eigenvalue weighted by Gasteiger charge is 2.15. The highest BCUT2D eigenvalue weighted by molar-refractivity contribution is 9.10. The molecule has 0 aliphatic heterocycles. The number of hydrogen-bond donors (Lipinski definition) is 1. The van der Waals surface area contributed by atoms with E-state index in [2.05, 4.69) is 33.2 Å². The fourth-order valence-electron chi connectivity index (χ4n) is 1.87. The van der Waals surface area contributed by atoms with Gasteiger partial charge in [0.1, 0.15) is 5.69 Å². The summed E-state index contributed by atoms with van der Waals surface area (Å²) in [5, 5.41) is 17.6. The molecule has 0 aliphatic carbocycles. The van der Waals surface area contributed by atoms with Crippen LogP contribution < -0.4 is 0 Å². The quantitative estimate of drug-likeness (QED) is 0.923. The molecule has 2 rings (SSSR count). The molecule has 1 aromatic carbocycles. The van der Waals surface area contributed by atoms with Crippen LogP contribution >= 0.6 is 15.9 Å². The summed E-state index contributed by atoms with van der Waals surface area (Å²) in [5.41, 5.74) is 2.54. The van der Waals surface area contributed by atoms with Gasteiger partial charge in [-0.1, -0.05) is 52.7 Å². The Morgan fingerprint density at radius 3 is 2.78 bits per heavy atom. The van der Waals surface area contributed by atoms with Crippen LogP contribution in [0.5, 0.6) is 0 Å². The van der Waals surface area contributed by atoms with E-state index < -0.39 is 0 Å². The number of halogens is 1. The lowest BCUT2D eigenvalue weighted by Gasteiger charge is -2.08. The van der Waals surface area contributed by atoms with Crippen LogP contribution in [0.25, 0.3) is 11.3 Å². The maximum absolute atomic E-state index is 9.38. The molecular weight excluding hydrogens is 294 g/mol. The van der Waals surface area contributed by atoms with Crippen molar-refractivity contribution in [2.24, 2.45) is 0 Å². The maximum Gasteiger partial charge on any atom is 0.116 e. The Labute approximate surface area is 115 Å². The fraction of sp³-hybridized carbons (Fsp3) is 0.385. The lowest BCUT2D eigenvalue weighted by Crippen LogP contribution is -2.03. The highest BCUT2D eigenvalue weighted by Crippen LogP contribution is 2.29. The first-order valence-electron chi connectivity index (χ1n) is 6.06. The minimum atomic E-state index is -0.0945. The summed E-state index contributed by atoms with van der Waals surface area (Å²) in [6.45, 7) is 2.87. The van der Waals surface area contributed by atoms with Gasteiger partial charge in [0, 0.05) is 16.6 Å². The molecule has 0 spiro atoms. The van der Waals surface area contributed by atoms with E-state index in [4.69, 9.17) is 0 Å². The minimum absolute atomic E-state index is 0.0945. The molecule has 1 aromatic heterocycles. The second kappa shape index (κ2) is 6.11. The van der Waals surface area contributed by atoms with Crippen LogP contribution in [0.15, 0.2) is 28.7 Å². The molecule has 0 bridgehead atoms. The third-order valence-electron chi connectivity index (χ3n) is 2.81. The zero-order valence-corrected chi connectivity index (χ0v) is 11.9. The summed E-state index contributed by atoms with van der Waals surface area (Å²) in [7, 11) is 0. The Hall–Kier alpha value is -1.20. The van der Waals surface area contributed by atoms with Crippen LogP contribution in [0, 0.1) is 0 Å². The first kappa shape index (κ1) is 13.2. The van der Waals surface area contributed by atoms with Crippen LogP contribution in [0.4, 0.5) is 0 Å². The van der Waals surface area contributed by atoms with Crippen molar-refractivity contribution in [1.29, 1.82) is 0 Å². The van der Waals surface area contributed by atoms with E-state index >= 15 is 0 Å². The number of aliphatic hydroxyl groups excluding tert-OH is 1. The summed E-state index contributed by atoms with van der Waals surface area (Å²) in [6, 6.07) is 7.92. The molecule has 0 saturated heterocycles. The molecule has 0 radical (unpaired) electrons. The van der Waals surface area contributed by atoms with Crippen LogP contribution in [-0.4, -0.2) is 20.1 Å². The Balaban J connectivity index is 2.47. The van der Waals surface area contributed by atoms with Gasteiger partial charge in [-0.15, -0.1) is 5.10 Å². The monoisotopic (exact) mass is 309 g/mol. The zero-order valence-electron chi connectivity index (χ0n) is 10.3. The number of aryl methyl sites for hydroxylation is 1. The zero-order chi connectivity index (χ0) is 13.0. The van der Waals surface area contributed by atoms with Gasteiger partial charge in [0.2, 0.25) is 0 Å². The third-order valence-corrected chi connectivity index (χ3v) is 3.50. The van der Waals surface area contributed by atoms with Gasteiger partial charge in [-0.05, 0) is 12.5 Å². The fourth-order valence-corrected chi connectivity index (χ4v) is 2.34. The molecule has 0 amide bonds. The van der Waals surface area contributed by atoms with Crippen molar-refractivity contribution < 1.29 is 5.11 Å². The number of hydrogen-bond acceptors (Lipinski definition) is 3. The summed E-state index contributed by atoms with van der Waals surface area (Å²) in [5.74, 6) is 0. The van der Waals surface area contributed by atoms with Crippen LogP contribution in [-0.2, 0) is 13.2 Å². The lowest BCUT2D eigenvalue weighted by molar-refractivity contribution is 0.277. The van der Waals surface area contributed by atoms with Gasteiger partial charge >= 0.3 is 0 Å². The summed E-state index contributed by atoms with van der Waals surface area (Å²) in [6.07, 6.45) is 2.15. The summed E-state index contributed by atoms with van der Waals surface area (Å²) >= 11 is 3.53. The van der Waals surface area contributed by atoms with E-state index in [0.717, 1.165) is 35.1 Å². The summed E-state index contributed by atoms with van der Waals surface area (Å²) in [4.78, 5) is 0. The van der Waals surface area contributed by atoms with Crippen molar-refractivity contribution in [2.75, 3.05) is 0 Å². The second-order valence-electron chi connectivity index (χ2n) is 4.10. The van der Waals surface area contributed by atoms with E-state index in [1.54, 1.807) is 0 Å². The van der Waals surface area contributed by atoms with Crippen molar-refractivity contribution in [2.45, 2.75) is 32.9 Å². The number of aromatic nitrogens is 3. The minimum Gasteiger partial charge on any atom is -0.390 e. The number of nitrogens with zero attached hydrogens (tertiary/aromatic N) is 3. The van der Waals surface area contributed by atoms with Crippen molar-refractivity contribution in [3.05, 3.63) is 34.4 Å². The molecule has 4 nitrogen and oxygen atoms in total. The molecule has 0 aliphatic rings. The molecule has 0 saturated carbocycles. The molecule has 18 heavy (non-hydrogen) atoms. The molecule has 0 unspecified atom stereocenters. The Morgan fingerprint density at radius 2 is 2.11 bits per heavy atom. The highest BCUT2D eigenvalue weighted by atomic mass is 79.9. The smallest absolute Gasteiger partial charge is 0.116 e. The van der Waals surface area contributed by atoms with E-state index in [9.17, 15) is 5.11 Å². The van der Waals surface area contributed by atoms with Crippen molar-refractivity contribution in [1.82, 2.24) is 15.0 Å². The second-order valence-corrected chi connectivity index (χ2v) is 4.95. The maximum atomic E-state index is 9.38. The van der Waals surface area contributed by atoms with Gasteiger partial charge in [-0.3, -0.25) is 0 Å². The largest absolute Gasteiger partial charge is 0.390 e. The van der Waals surface area contributed by atoms with E-state index in [1.807, 2.05) is 28.9 Å². The number of unbranched alkanes of at least 4 members (excludes halogenated alkanes) is 1. The number of aliphatic hydroxyl groups is 1. The molecule has 2 aromatic rings. The Morgan fingerprint density at radius 1 is 1.33 bits per heavy atom. The van der Waals surface area contributed by atoms with E-state index in [1.165, 1.54) is 0 Å². The van der Waals surface area contributed by atoms with Gasteiger partial charge < -0.3 is 5.11 Å². The van der Waals surface area contributed by atoms with Gasteiger partial charge in [0.15, 0.2) is 0 Å². The molecule has 0 atom stereocenters. The van der Waals surface area contributed by atoms with E-state index in [-0.39, 0.29) is 6.61 Å². The lowest BCUT2D eigenvalue weighted by atomic mass is 10.1. The molecule has 0 fully saturated rings. The third kappa shape index (κ3) is 2.62. The number of rotatable bonds is 5. The first-order chi connectivity index (χ1) is 8.77. The standard InChI is InChI=1S/C13H16BrN3O/c1-2-3-8-17-13(12(9-18)15-16-17)10-6-4-5-7-11(10)14/h4-7,18H,2-3,8-9H2,1H3.